The molecular weight excluding hydrogens is 558 g/mol. The zero-order valence-corrected chi connectivity index (χ0v) is 22.9. The van der Waals surface area contributed by atoms with Gasteiger partial charge in [-0.15, -0.1) is 11.3 Å². The van der Waals surface area contributed by atoms with Crippen LogP contribution in [0.15, 0.2) is 96.5 Å². The first-order chi connectivity index (χ1) is 20.4. The predicted octanol–water partition coefficient (Wildman–Crippen LogP) is 6.74. The maximum absolute atomic E-state index is 15.0. The van der Waals surface area contributed by atoms with Crippen LogP contribution in [0.2, 0.25) is 0 Å². The Hall–Kier alpha value is -5.22. The van der Waals surface area contributed by atoms with Gasteiger partial charge in [-0.2, -0.15) is 0 Å². The summed E-state index contributed by atoms with van der Waals surface area (Å²) in [4.78, 5) is 29.5. The number of carbonyl (C=O) groups excluding carboxylic acids is 2. The Balaban J connectivity index is 1.17. The Morgan fingerprint density at radius 2 is 1.57 bits per heavy atom. The molecule has 2 amide bonds. The summed E-state index contributed by atoms with van der Waals surface area (Å²) >= 11 is 1.08. The largest absolute Gasteiger partial charge is 0.437 e. The molecule has 3 N–H and O–H groups in total. The Labute approximate surface area is 244 Å². The number of thiazole rings is 1. The highest BCUT2D eigenvalue weighted by molar-refractivity contribution is 7.12. The summed E-state index contributed by atoms with van der Waals surface area (Å²) in [7, 11) is 0. The van der Waals surface area contributed by atoms with Crippen molar-refractivity contribution in [3.05, 3.63) is 135 Å². The van der Waals surface area contributed by atoms with Gasteiger partial charge in [-0.05, 0) is 53.1 Å². The molecule has 0 aliphatic rings. The third-order valence-electron chi connectivity index (χ3n) is 6.36. The minimum absolute atomic E-state index is 0.0431. The van der Waals surface area contributed by atoms with Crippen molar-refractivity contribution in [1.29, 1.82) is 5.41 Å². The van der Waals surface area contributed by atoms with Crippen LogP contribution in [0.25, 0.3) is 11.1 Å². The predicted molar refractivity (Wildman–Crippen MR) is 157 cm³/mol. The molecule has 210 valence electrons. The Bertz CT molecular complexity index is 1740. The summed E-state index contributed by atoms with van der Waals surface area (Å²) in [6.45, 7) is 0.257. The van der Waals surface area contributed by atoms with E-state index in [4.69, 9.17) is 10.1 Å². The van der Waals surface area contributed by atoms with Crippen molar-refractivity contribution in [1.82, 2.24) is 15.6 Å². The quantitative estimate of drug-likeness (QED) is 0.159. The van der Waals surface area contributed by atoms with Gasteiger partial charge in [0, 0.05) is 36.0 Å². The van der Waals surface area contributed by atoms with Crippen LogP contribution in [0, 0.1) is 17.0 Å². The topological polar surface area (TPSA) is 104 Å². The van der Waals surface area contributed by atoms with E-state index in [2.05, 4.69) is 15.6 Å². The molecule has 1 heterocycles. The van der Waals surface area contributed by atoms with E-state index >= 15 is 0 Å². The second kappa shape index (κ2) is 13.0. The molecule has 0 spiro atoms. The maximum Gasteiger partial charge on any atom is 0.267 e. The molecule has 5 rings (SSSR count). The number of carbonyl (C=O) groups is 2. The Morgan fingerprint density at radius 1 is 0.857 bits per heavy atom. The standard InChI is InChI=1S/C32H24F2N4O3S/c33-25-11-13-26(14-12-25)41-32-29(42-19-38-32)31(40)37-18-24-10-9-22(15-28(24)34)21-7-5-20(6-8-21)17-36-30(39)27-4-2-1-3-23(27)16-35/h1-16,19,35H,17-18H2,(H,36,39)(H,37,40). The number of aromatic nitrogens is 1. The fourth-order valence-electron chi connectivity index (χ4n) is 4.12. The molecule has 10 heteroatoms. The van der Waals surface area contributed by atoms with Crippen LogP contribution in [-0.4, -0.2) is 23.0 Å². The molecule has 0 atom stereocenters. The van der Waals surface area contributed by atoms with Gasteiger partial charge in [0.05, 0.1) is 5.51 Å². The number of hydrogen-bond donors (Lipinski definition) is 3. The summed E-state index contributed by atoms with van der Waals surface area (Å²) in [5, 5.41) is 13.0. The van der Waals surface area contributed by atoms with Crippen molar-refractivity contribution < 1.29 is 23.1 Å². The Morgan fingerprint density at radius 3 is 2.31 bits per heavy atom. The molecule has 5 aromatic rings. The van der Waals surface area contributed by atoms with Crippen LogP contribution in [-0.2, 0) is 13.1 Å². The lowest BCUT2D eigenvalue weighted by atomic mass is 10.0. The minimum atomic E-state index is -0.471. The number of ether oxygens (including phenoxy) is 1. The molecule has 0 unspecified atom stereocenters. The third-order valence-corrected chi connectivity index (χ3v) is 7.17. The number of nitrogens with zero attached hydrogens (tertiary/aromatic N) is 1. The number of rotatable bonds is 10. The second-order valence-electron chi connectivity index (χ2n) is 9.14. The third kappa shape index (κ3) is 6.73. The highest BCUT2D eigenvalue weighted by Gasteiger charge is 2.18. The molecule has 0 saturated carbocycles. The zero-order valence-electron chi connectivity index (χ0n) is 22.1. The average Bonchev–Trinajstić information content (AvgIpc) is 3.48. The average molecular weight is 583 g/mol. The van der Waals surface area contributed by atoms with Crippen molar-refractivity contribution in [2.75, 3.05) is 0 Å². The molecule has 0 aliphatic heterocycles. The first-order valence-corrected chi connectivity index (χ1v) is 13.7. The van der Waals surface area contributed by atoms with Gasteiger partial charge >= 0.3 is 0 Å². The van der Waals surface area contributed by atoms with Crippen LogP contribution in [0.5, 0.6) is 11.6 Å². The van der Waals surface area contributed by atoms with Gasteiger partial charge in [-0.3, -0.25) is 9.59 Å². The van der Waals surface area contributed by atoms with Gasteiger partial charge in [0.15, 0.2) is 4.88 Å². The molecule has 7 nitrogen and oxygen atoms in total. The van der Waals surface area contributed by atoms with E-state index in [1.807, 2.05) is 24.3 Å². The van der Waals surface area contributed by atoms with Crippen LogP contribution in [0.4, 0.5) is 8.78 Å². The summed E-state index contributed by atoms with van der Waals surface area (Å²) in [6, 6.07) is 24.4. The van der Waals surface area contributed by atoms with E-state index in [1.165, 1.54) is 35.8 Å². The highest BCUT2D eigenvalue weighted by Crippen LogP contribution is 2.27. The molecule has 1 aromatic heterocycles. The number of benzene rings is 4. The monoisotopic (exact) mass is 582 g/mol. The van der Waals surface area contributed by atoms with Crippen LogP contribution in [0.3, 0.4) is 0 Å². The molecule has 0 fully saturated rings. The molecule has 42 heavy (non-hydrogen) atoms. The molecule has 0 aliphatic carbocycles. The van der Waals surface area contributed by atoms with Crippen LogP contribution in [0.1, 0.15) is 36.7 Å². The van der Waals surface area contributed by atoms with E-state index in [-0.39, 0.29) is 23.2 Å². The SMILES string of the molecule is N=Cc1ccccc1C(=O)NCc1ccc(-c2ccc(CNC(=O)c3scnc3Oc3ccc(F)cc3)c(F)c2)cc1. The van der Waals surface area contributed by atoms with Gasteiger partial charge in [-0.1, -0.05) is 54.6 Å². The number of nitrogens with one attached hydrogen (secondary N) is 3. The lowest BCUT2D eigenvalue weighted by Crippen LogP contribution is -2.23. The van der Waals surface area contributed by atoms with Gasteiger partial charge in [-0.25, -0.2) is 13.8 Å². The van der Waals surface area contributed by atoms with E-state index in [0.29, 0.717) is 34.5 Å². The molecule has 0 radical (unpaired) electrons. The number of amides is 2. The van der Waals surface area contributed by atoms with E-state index < -0.39 is 17.5 Å². The number of halogens is 2. The normalized spacial score (nSPS) is 10.6. The first kappa shape index (κ1) is 28.3. The van der Waals surface area contributed by atoms with Crippen molar-refractivity contribution >= 4 is 29.4 Å². The molecule has 4 aromatic carbocycles. The zero-order chi connectivity index (χ0) is 29.5. The van der Waals surface area contributed by atoms with Crippen LogP contribution >= 0.6 is 11.3 Å². The Kier molecular flexibility index (Phi) is 8.74. The van der Waals surface area contributed by atoms with Crippen molar-refractivity contribution in [3.8, 4) is 22.8 Å². The molecule has 0 saturated heterocycles. The smallest absolute Gasteiger partial charge is 0.267 e. The maximum atomic E-state index is 15.0. The van der Waals surface area contributed by atoms with Crippen molar-refractivity contribution in [3.63, 3.8) is 0 Å². The lowest BCUT2D eigenvalue weighted by molar-refractivity contribution is 0.0943. The van der Waals surface area contributed by atoms with Gasteiger partial charge in [0.25, 0.3) is 11.8 Å². The summed E-state index contributed by atoms with van der Waals surface area (Å²) < 4.78 is 33.7. The van der Waals surface area contributed by atoms with E-state index in [1.54, 1.807) is 36.4 Å². The number of hydrogen-bond acceptors (Lipinski definition) is 6. The fraction of sp³-hybridized carbons (Fsp3) is 0.0625. The van der Waals surface area contributed by atoms with Gasteiger partial charge in [0.1, 0.15) is 17.4 Å². The summed E-state index contributed by atoms with van der Waals surface area (Å²) in [5.74, 6) is -1.20. The second-order valence-corrected chi connectivity index (χ2v) is 10.00. The van der Waals surface area contributed by atoms with Gasteiger partial charge < -0.3 is 20.8 Å². The van der Waals surface area contributed by atoms with Crippen molar-refractivity contribution in [2.45, 2.75) is 13.1 Å². The molecule has 0 bridgehead atoms. The highest BCUT2D eigenvalue weighted by atomic mass is 32.1. The minimum Gasteiger partial charge on any atom is -0.437 e. The fourth-order valence-corrected chi connectivity index (χ4v) is 4.75. The van der Waals surface area contributed by atoms with Crippen molar-refractivity contribution in [2.24, 2.45) is 0 Å². The first-order valence-electron chi connectivity index (χ1n) is 12.8. The van der Waals surface area contributed by atoms with E-state index in [9.17, 15) is 18.4 Å². The lowest BCUT2D eigenvalue weighted by Gasteiger charge is -2.10. The van der Waals surface area contributed by atoms with Crippen LogP contribution < -0.4 is 15.4 Å². The molecular formula is C32H24F2N4O3S. The van der Waals surface area contributed by atoms with E-state index in [0.717, 1.165) is 28.7 Å². The van der Waals surface area contributed by atoms with Gasteiger partial charge in [0.2, 0.25) is 5.88 Å². The summed E-state index contributed by atoms with van der Waals surface area (Å²) in [5.41, 5.74) is 5.06. The summed E-state index contributed by atoms with van der Waals surface area (Å²) in [6.07, 6.45) is 1.14.